The fourth-order valence-electron chi connectivity index (χ4n) is 3.44. The number of thiazole rings is 1. The standard InChI is InChI=1S/C21H24N2O2S/c1-24-18-12-17(25-14-15-8-4-2-5-9-15)13-19-20(18)23-21(26-19)22-16-10-6-3-7-11-16/h2,4-5,8-9,12-13,16H,3,6-7,10-11,14H2,1H3,(H,22,23). The van der Waals surface area contributed by atoms with Gasteiger partial charge in [-0.3, -0.25) is 0 Å². The number of methoxy groups -OCH3 is 1. The van der Waals surface area contributed by atoms with Gasteiger partial charge in [-0.1, -0.05) is 60.9 Å². The van der Waals surface area contributed by atoms with Gasteiger partial charge in [-0.05, 0) is 24.5 Å². The first-order valence-electron chi connectivity index (χ1n) is 9.23. The molecule has 136 valence electrons. The van der Waals surface area contributed by atoms with E-state index in [2.05, 4.69) is 23.5 Å². The van der Waals surface area contributed by atoms with E-state index in [4.69, 9.17) is 14.5 Å². The number of anilines is 1. The molecule has 3 aromatic rings. The average molecular weight is 369 g/mol. The van der Waals surface area contributed by atoms with Gasteiger partial charge >= 0.3 is 0 Å². The second-order valence-electron chi connectivity index (χ2n) is 6.74. The number of fused-ring (bicyclic) bond motifs is 1. The Morgan fingerprint density at radius 1 is 1.12 bits per heavy atom. The van der Waals surface area contributed by atoms with Gasteiger partial charge in [0.25, 0.3) is 0 Å². The van der Waals surface area contributed by atoms with Gasteiger partial charge in [0.05, 0.1) is 11.8 Å². The minimum Gasteiger partial charge on any atom is -0.494 e. The van der Waals surface area contributed by atoms with E-state index in [0.717, 1.165) is 32.4 Å². The summed E-state index contributed by atoms with van der Waals surface area (Å²) in [7, 11) is 1.68. The Balaban J connectivity index is 1.53. The van der Waals surface area contributed by atoms with Crippen LogP contribution in [0.3, 0.4) is 0 Å². The van der Waals surface area contributed by atoms with Crippen molar-refractivity contribution in [2.45, 2.75) is 44.8 Å². The zero-order valence-electron chi connectivity index (χ0n) is 15.0. The Labute approximate surface area is 158 Å². The van der Waals surface area contributed by atoms with Crippen molar-refractivity contribution in [2.24, 2.45) is 0 Å². The van der Waals surface area contributed by atoms with Crippen LogP contribution in [0.25, 0.3) is 10.2 Å². The monoisotopic (exact) mass is 368 g/mol. The van der Waals surface area contributed by atoms with E-state index in [0.29, 0.717) is 12.6 Å². The van der Waals surface area contributed by atoms with Crippen LogP contribution in [0, 0.1) is 0 Å². The van der Waals surface area contributed by atoms with E-state index < -0.39 is 0 Å². The van der Waals surface area contributed by atoms with Gasteiger partial charge in [0.15, 0.2) is 5.13 Å². The number of ether oxygens (including phenoxy) is 2. The van der Waals surface area contributed by atoms with Crippen molar-refractivity contribution in [3.63, 3.8) is 0 Å². The van der Waals surface area contributed by atoms with Crippen LogP contribution in [0.1, 0.15) is 37.7 Å². The van der Waals surface area contributed by atoms with Crippen molar-refractivity contribution in [1.82, 2.24) is 4.98 Å². The van der Waals surface area contributed by atoms with Gasteiger partial charge in [0, 0.05) is 12.1 Å². The predicted octanol–water partition coefficient (Wildman–Crippen LogP) is 5.63. The van der Waals surface area contributed by atoms with E-state index >= 15 is 0 Å². The second kappa shape index (κ2) is 7.96. The normalized spacial score (nSPS) is 15.1. The molecule has 1 aromatic heterocycles. The van der Waals surface area contributed by atoms with Crippen LogP contribution in [0.5, 0.6) is 11.5 Å². The topological polar surface area (TPSA) is 43.4 Å². The molecule has 1 N–H and O–H groups in total. The minimum absolute atomic E-state index is 0.543. The number of rotatable bonds is 6. The van der Waals surface area contributed by atoms with Crippen LogP contribution in [0.15, 0.2) is 42.5 Å². The molecular formula is C21H24N2O2S. The van der Waals surface area contributed by atoms with E-state index in [1.54, 1.807) is 18.4 Å². The molecule has 0 saturated heterocycles. The van der Waals surface area contributed by atoms with Crippen LogP contribution in [0.4, 0.5) is 5.13 Å². The minimum atomic E-state index is 0.543. The number of aromatic nitrogens is 1. The maximum Gasteiger partial charge on any atom is 0.184 e. The third kappa shape index (κ3) is 3.93. The first-order valence-corrected chi connectivity index (χ1v) is 10.1. The highest BCUT2D eigenvalue weighted by Gasteiger charge is 2.17. The lowest BCUT2D eigenvalue weighted by Crippen LogP contribution is -2.21. The Morgan fingerprint density at radius 2 is 1.92 bits per heavy atom. The van der Waals surface area contributed by atoms with Crippen molar-refractivity contribution in [2.75, 3.05) is 12.4 Å². The lowest BCUT2D eigenvalue weighted by atomic mass is 9.96. The first-order chi connectivity index (χ1) is 12.8. The molecule has 0 bridgehead atoms. The van der Waals surface area contributed by atoms with E-state index in [-0.39, 0.29) is 0 Å². The highest BCUT2D eigenvalue weighted by Crippen LogP contribution is 2.37. The van der Waals surface area contributed by atoms with Crippen molar-refractivity contribution in [3.05, 3.63) is 48.0 Å². The van der Waals surface area contributed by atoms with Crippen LogP contribution in [-0.2, 0) is 6.61 Å². The number of nitrogens with zero attached hydrogens (tertiary/aromatic N) is 1. The summed E-state index contributed by atoms with van der Waals surface area (Å²) in [5.74, 6) is 1.57. The second-order valence-corrected chi connectivity index (χ2v) is 7.78. The summed E-state index contributed by atoms with van der Waals surface area (Å²) in [5, 5.41) is 4.59. The molecule has 0 aliphatic heterocycles. The zero-order chi connectivity index (χ0) is 17.8. The highest BCUT2D eigenvalue weighted by atomic mass is 32.1. The Hall–Kier alpha value is -2.27. The van der Waals surface area contributed by atoms with Crippen LogP contribution in [-0.4, -0.2) is 18.1 Å². The first kappa shape index (κ1) is 17.2. The van der Waals surface area contributed by atoms with E-state index in [1.807, 2.05) is 24.3 Å². The average Bonchev–Trinajstić information content (AvgIpc) is 3.09. The molecule has 1 saturated carbocycles. The SMILES string of the molecule is COc1cc(OCc2ccccc2)cc2sc(NC3CCCCC3)nc12. The molecule has 0 atom stereocenters. The van der Waals surface area contributed by atoms with E-state index in [9.17, 15) is 0 Å². The van der Waals surface area contributed by atoms with Gasteiger partial charge in [-0.15, -0.1) is 0 Å². The highest BCUT2D eigenvalue weighted by molar-refractivity contribution is 7.22. The molecule has 1 aliphatic rings. The molecule has 1 heterocycles. The fraction of sp³-hybridized carbons (Fsp3) is 0.381. The molecule has 0 spiro atoms. The molecule has 4 rings (SSSR count). The summed E-state index contributed by atoms with van der Waals surface area (Å²) in [5.41, 5.74) is 2.05. The summed E-state index contributed by atoms with van der Waals surface area (Å²) in [6.07, 6.45) is 6.44. The van der Waals surface area contributed by atoms with Gasteiger partial charge in [0.1, 0.15) is 23.6 Å². The molecule has 0 amide bonds. The van der Waals surface area contributed by atoms with E-state index in [1.165, 1.54) is 32.1 Å². The van der Waals surface area contributed by atoms with Crippen LogP contribution >= 0.6 is 11.3 Å². The summed E-state index contributed by atoms with van der Waals surface area (Å²) in [6, 6.07) is 14.7. The van der Waals surface area contributed by atoms with Gasteiger partial charge in [-0.25, -0.2) is 4.98 Å². The number of benzene rings is 2. The molecule has 2 aromatic carbocycles. The summed E-state index contributed by atoms with van der Waals surface area (Å²) in [4.78, 5) is 4.76. The Bertz CT molecular complexity index is 857. The Kier molecular flexibility index (Phi) is 5.25. The Morgan fingerprint density at radius 3 is 2.69 bits per heavy atom. The smallest absolute Gasteiger partial charge is 0.184 e. The molecule has 26 heavy (non-hydrogen) atoms. The zero-order valence-corrected chi connectivity index (χ0v) is 15.8. The van der Waals surface area contributed by atoms with Crippen molar-refractivity contribution in [1.29, 1.82) is 0 Å². The van der Waals surface area contributed by atoms with Gasteiger partial charge in [-0.2, -0.15) is 0 Å². The molecule has 0 radical (unpaired) electrons. The number of nitrogens with one attached hydrogen (secondary N) is 1. The summed E-state index contributed by atoms with van der Waals surface area (Å²) in [6.45, 7) is 0.543. The molecule has 4 nitrogen and oxygen atoms in total. The summed E-state index contributed by atoms with van der Waals surface area (Å²) < 4.78 is 12.6. The fourth-order valence-corrected chi connectivity index (χ4v) is 4.43. The molecule has 1 fully saturated rings. The van der Waals surface area contributed by atoms with Crippen molar-refractivity contribution in [3.8, 4) is 11.5 Å². The quantitative estimate of drug-likeness (QED) is 0.612. The molecule has 0 unspecified atom stereocenters. The largest absolute Gasteiger partial charge is 0.494 e. The lowest BCUT2D eigenvalue weighted by molar-refractivity contribution is 0.304. The van der Waals surface area contributed by atoms with Crippen molar-refractivity contribution >= 4 is 26.7 Å². The maximum atomic E-state index is 5.98. The molecular weight excluding hydrogens is 344 g/mol. The van der Waals surface area contributed by atoms with Gasteiger partial charge in [0.2, 0.25) is 0 Å². The van der Waals surface area contributed by atoms with Gasteiger partial charge < -0.3 is 14.8 Å². The summed E-state index contributed by atoms with van der Waals surface area (Å²) >= 11 is 1.67. The van der Waals surface area contributed by atoms with Crippen LogP contribution in [0.2, 0.25) is 0 Å². The predicted molar refractivity (Wildman–Crippen MR) is 107 cm³/mol. The number of hydrogen-bond acceptors (Lipinski definition) is 5. The number of hydrogen-bond donors (Lipinski definition) is 1. The van der Waals surface area contributed by atoms with Crippen LogP contribution < -0.4 is 14.8 Å². The lowest BCUT2D eigenvalue weighted by Gasteiger charge is -2.22. The third-order valence-corrected chi connectivity index (χ3v) is 5.77. The van der Waals surface area contributed by atoms with Crippen molar-refractivity contribution < 1.29 is 9.47 Å². The third-order valence-electron chi connectivity index (χ3n) is 4.83. The molecule has 5 heteroatoms. The molecule has 1 aliphatic carbocycles. The maximum absolute atomic E-state index is 5.98.